The van der Waals surface area contributed by atoms with E-state index >= 15 is 0 Å². The van der Waals surface area contributed by atoms with Crippen molar-refractivity contribution < 1.29 is 19.2 Å². The molecule has 6 atom stereocenters. The third-order valence-corrected chi connectivity index (χ3v) is 10.8. The summed E-state index contributed by atoms with van der Waals surface area (Å²) in [6.45, 7) is 9.80. The van der Waals surface area contributed by atoms with Gasteiger partial charge in [-0.2, -0.15) is 0 Å². The number of aldehydes is 1. The molecule has 2 N–H and O–H groups in total. The fourth-order valence-electron chi connectivity index (χ4n) is 7.96. The Kier molecular flexibility index (Phi) is 8.74. The van der Waals surface area contributed by atoms with E-state index in [2.05, 4.69) is 60.0 Å². The van der Waals surface area contributed by atoms with Crippen LogP contribution < -0.4 is 10.6 Å². The Balaban J connectivity index is 1.43. The Morgan fingerprint density at radius 2 is 1.72 bits per heavy atom. The van der Waals surface area contributed by atoms with Crippen molar-refractivity contribution in [2.24, 2.45) is 5.41 Å². The van der Waals surface area contributed by atoms with Crippen LogP contribution in [-0.2, 0) is 32.0 Å². The number of likely N-dealkylation sites (N-methyl/N-ethyl adjacent to an activating group) is 1. The molecule has 2 unspecified atom stereocenters. The Morgan fingerprint density at radius 3 is 2.43 bits per heavy atom. The van der Waals surface area contributed by atoms with Gasteiger partial charge in [0.2, 0.25) is 17.7 Å². The molecular formula is C38H47N5O4. The molecule has 0 radical (unpaired) electrons. The number of carbonyl (C=O) groups excluding carboxylic acids is 4. The maximum atomic E-state index is 14.7. The number of rotatable bonds is 8. The molecule has 2 aliphatic heterocycles. The SMILES string of the molecule is CN[C@@H](C)C(=O)N[C@](C=O)(N1CC(=O)N2[C@@H](Cc3ccc4ccccc4c3)C(=O)N(C3Cc4ccccc4C(C)C3)C[C@@H]21)C(C)(C)C. The Bertz CT molecular complexity index is 1700. The first-order chi connectivity index (χ1) is 22.4. The Labute approximate surface area is 277 Å². The minimum Gasteiger partial charge on any atom is -0.334 e. The average molecular weight is 638 g/mol. The van der Waals surface area contributed by atoms with Crippen LogP contribution in [0.25, 0.3) is 10.8 Å². The maximum Gasteiger partial charge on any atom is 0.246 e. The summed E-state index contributed by atoms with van der Waals surface area (Å²) in [6.07, 6.45) is 2.06. The second-order valence-corrected chi connectivity index (χ2v) is 14.6. The van der Waals surface area contributed by atoms with E-state index in [0.717, 1.165) is 35.5 Å². The fourth-order valence-corrected chi connectivity index (χ4v) is 7.96. The summed E-state index contributed by atoms with van der Waals surface area (Å²) in [5, 5.41) is 8.19. The smallest absolute Gasteiger partial charge is 0.246 e. The highest BCUT2D eigenvalue weighted by molar-refractivity contribution is 5.93. The van der Waals surface area contributed by atoms with Crippen molar-refractivity contribution in [2.45, 2.75) is 89.8 Å². The van der Waals surface area contributed by atoms with Crippen molar-refractivity contribution in [3.63, 3.8) is 0 Å². The first-order valence-electron chi connectivity index (χ1n) is 16.8. The van der Waals surface area contributed by atoms with Crippen molar-refractivity contribution >= 4 is 34.8 Å². The molecule has 0 bridgehead atoms. The van der Waals surface area contributed by atoms with Gasteiger partial charge in [-0.15, -0.1) is 0 Å². The summed E-state index contributed by atoms with van der Waals surface area (Å²) in [7, 11) is 1.69. The number of carbonyl (C=O) groups is 4. The zero-order chi connectivity index (χ0) is 33.7. The molecule has 2 saturated heterocycles. The van der Waals surface area contributed by atoms with Gasteiger partial charge in [-0.05, 0) is 60.2 Å². The van der Waals surface area contributed by atoms with E-state index in [1.807, 2.05) is 54.8 Å². The molecule has 3 aromatic rings. The lowest BCUT2D eigenvalue weighted by Crippen LogP contribution is -2.74. The van der Waals surface area contributed by atoms with Crippen LogP contribution in [0.4, 0.5) is 0 Å². The van der Waals surface area contributed by atoms with Gasteiger partial charge in [0, 0.05) is 17.9 Å². The molecule has 6 rings (SSSR count). The van der Waals surface area contributed by atoms with Gasteiger partial charge < -0.3 is 20.4 Å². The number of hydrogen-bond donors (Lipinski definition) is 2. The van der Waals surface area contributed by atoms with Crippen LogP contribution in [-0.4, -0.2) is 88.8 Å². The monoisotopic (exact) mass is 637 g/mol. The fraction of sp³-hybridized carbons (Fsp3) is 0.474. The van der Waals surface area contributed by atoms with Gasteiger partial charge in [-0.25, -0.2) is 4.90 Å². The van der Waals surface area contributed by atoms with E-state index in [0.29, 0.717) is 6.42 Å². The van der Waals surface area contributed by atoms with Crippen LogP contribution in [0.1, 0.15) is 63.6 Å². The van der Waals surface area contributed by atoms with Crippen LogP contribution in [0.15, 0.2) is 66.7 Å². The van der Waals surface area contributed by atoms with Gasteiger partial charge in [-0.3, -0.25) is 19.2 Å². The summed E-state index contributed by atoms with van der Waals surface area (Å²) in [4.78, 5) is 61.1. The standard InChI is InChI=1S/C38H47N5O4/c1-24-17-30(20-29-13-9-10-14-31(24)29)41-21-33-42(38(23-44,37(3,4)5)40-35(46)25(2)39-6)22-34(45)43(33)32(36(41)47)19-26-15-16-27-11-7-8-12-28(27)18-26/h7-16,18,23-25,30,32-33,39H,17,19-22H2,1-6H3,(H,40,46)/t24?,25-,30?,32-,33+,38+/m0/s1. The van der Waals surface area contributed by atoms with Gasteiger partial charge >= 0.3 is 0 Å². The number of amides is 3. The summed E-state index contributed by atoms with van der Waals surface area (Å²) < 4.78 is 0. The van der Waals surface area contributed by atoms with Crippen molar-refractivity contribution in [3.05, 3.63) is 83.4 Å². The van der Waals surface area contributed by atoms with Gasteiger partial charge in [0.1, 0.15) is 12.2 Å². The van der Waals surface area contributed by atoms with Gasteiger partial charge in [0.15, 0.2) is 11.9 Å². The molecule has 3 aromatic carbocycles. The first-order valence-corrected chi connectivity index (χ1v) is 16.8. The average Bonchev–Trinajstić information content (AvgIpc) is 3.39. The molecule has 9 heteroatoms. The lowest BCUT2D eigenvalue weighted by Gasteiger charge is -2.53. The molecule has 47 heavy (non-hydrogen) atoms. The predicted octanol–water partition coefficient (Wildman–Crippen LogP) is 3.85. The second kappa shape index (κ2) is 12.5. The topological polar surface area (TPSA) is 102 Å². The molecule has 9 nitrogen and oxygen atoms in total. The third kappa shape index (κ3) is 5.74. The molecular weight excluding hydrogens is 590 g/mol. The van der Waals surface area contributed by atoms with Crippen LogP contribution in [0, 0.1) is 5.41 Å². The lowest BCUT2D eigenvalue weighted by molar-refractivity contribution is -0.163. The largest absolute Gasteiger partial charge is 0.334 e. The van der Waals surface area contributed by atoms with Crippen molar-refractivity contribution in [3.8, 4) is 0 Å². The Hall–Kier alpha value is -4.08. The van der Waals surface area contributed by atoms with E-state index in [-0.39, 0.29) is 42.8 Å². The van der Waals surface area contributed by atoms with Crippen LogP contribution >= 0.6 is 0 Å². The van der Waals surface area contributed by atoms with Gasteiger partial charge in [0.25, 0.3) is 0 Å². The summed E-state index contributed by atoms with van der Waals surface area (Å²) in [5.41, 5.74) is 1.23. The molecule has 3 amide bonds. The minimum absolute atomic E-state index is 0.0645. The molecule has 2 fully saturated rings. The van der Waals surface area contributed by atoms with E-state index in [1.165, 1.54) is 11.1 Å². The molecule has 1 aliphatic carbocycles. The summed E-state index contributed by atoms with van der Waals surface area (Å²) in [6, 6.07) is 21.3. The van der Waals surface area contributed by atoms with Crippen molar-refractivity contribution in [2.75, 3.05) is 20.1 Å². The highest BCUT2D eigenvalue weighted by Crippen LogP contribution is 2.41. The molecule has 248 valence electrons. The van der Waals surface area contributed by atoms with Gasteiger partial charge in [0.05, 0.1) is 19.1 Å². The lowest BCUT2D eigenvalue weighted by atomic mass is 9.78. The highest BCUT2D eigenvalue weighted by Gasteiger charge is 2.60. The molecule has 3 aliphatic rings. The molecule has 0 aromatic heterocycles. The van der Waals surface area contributed by atoms with Crippen molar-refractivity contribution in [1.29, 1.82) is 0 Å². The highest BCUT2D eigenvalue weighted by atomic mass is 16.2. The van der Waals surface area contributed by atoms with Gasteiger partial charge in [-0.1, -0.05) is 94.4 Å². The van der Waals surface area contributed by atoms with Crippen LogP contribution in [0.2, 0.25) is 0 Å². The molecule has 0 saturated carbocycles. The Morgan fingerprint density at radius 1 is 1.02 bits per heavy atom. The number of nitrogens with one attached hydrogen (secondary N) is 2. The number of nitrogens with zero attached hydrogens (tertiary/aromatic N) is 3. The summed E-state index contributed by atoms with van der Waals surface area (Å²) >= 11 is 0. The van der Waals surface area contributed by atoms with Crippen LogP contribution in [0.5, 0.6) is 0 Å². The number of piperazine rings is 1. The molecule has 0 spiro atoms. The maximum absolute atomic E-state index is 14.7. The van der Waals surface area contributed by atoms with Crippen LogP contribution in [0.3, 0.4) is 0 Å². The van der Waals surface area contributed by atoms with E-state index in [9.17, 15) is 19.2 Å². The summed E-state index contributed by atoms with van der Waals surface area (Å²) in [5.74, 6) is -0.361. The number of hydrogen-bond acceptors (Lipinski definition) is 6. The van der Waals surface area contributed by atoms with E-state index in [1.54, 1.807) is 18.9 Å². The normalized spacial score (nSPS) is 25.2. The molecule has 2 heterocycles. The predicted molar refractivity (Wildman–Crippen MR) is 182 cm³/mol. The van der Waals surface area contributed by atoms with E-state index in [4.69, 9.17) is 0 Å². The third-order valence-electron chi connectivity index (χ3n) is 10.8. The first kappa shape index (κ1) is 32.8. The zero-order valence-corrected chi connectivity index (χ0v) is 28.3. The van der Waals surface area contributed by atoms with Crippen molar-refractivity contribution in [1.82, 2.24) is 25.3 Å². The number of fused-ring (bicyclic) bond motifs is 3. The van der Waals surface area contributed by atoms with E-state index < -0.39 is 29.3 Å². The number of benzene rings is 3. The second-order valence-electron chi connectivity index (χ2n) is 14.6. The quantitative estimate of drug-likeness (QED) is 0.364. The zero-order valence-electron chi connectivity index (χ0n) is 28.3. The minimum atomic E-state index is -1.50.